The highest BCUT2D eigenvalue weighted by Crippen LogP contribution is 2.40. The van der Waals surface area contributed by atoms with Crippen LogP contribution in [0.4, 0.5) is 0 Å². The van der Waals surface area contributed by atoms with E-state index in [1.807, 2.05) is 20.8 Å². The number of rotatable bonds is 6. The molecule has 0 spiro atoms. The molecule has 0 aromatic carbocycles. The Morgan fingerprint density at radius 1 is 0.909 bits per heavy atom. The van der Waals surface area contributed by atoms with Crippen LogP contribution >= 0.6 is 0 Å². The van der Waals surface area contributed by atoms with E-state index in [9.17, 15) is 4.55 Å². The summed E-state index contributed by atoms with van der Waals surface area (Å²) in [5, 5.41) is 0.191. The molecule has 0 aromatic heterocycles. The third-order valence-electron chi connectivity index (χ3n) is 4.13. The zero-order valence-electron chi connectivity index (χ0n) is 16.9. The second-order valence-electron chi connectivity index (χ2n) is 10.2. The summed E-state index contributed by atoms with van der Waals surface area (Å²) in [5.74, 6) is 0. The maximum atomic E-state index is 12.4. The third kappa shape index (κ3) is 7.34. The first-order valence-electron chi connectivity index (χ1n) is 8.19. The molecule has 0 aliphatic carbocycles. The van der Waals surface area contributed by atoms with E-state index in [1.54, 1.807) is 0 Å². The summed E-state index contributed by atoms with van der Waals surface area (Å²) in [6, 6.07) is 0. The van der Waals surface area contributed by atoms with Gasteiger partial charge in [-0.25, -0.2) is 0 Å². The molecule has 0 amide bonds. The largest absolute Gasteiger partial charge is 0.598 e. The van der Waals surface area contributed by atoms with Gasteiger partial charge in [-0.2, -0.15) is 0 Å². The van der Waals surface area contributed by atoms with Crippen molar-refractivity contribution in [3.8, 4) is 0 Å². The van der Waals surface area contributed by atoms with Gasteiger partial charge in [0, 0.05) is 11.4 Å². The minimum Gasteiger partial charge on any atom is -0.598 e. The van der Waals surface area contributed by atoms with E-state index < -0.39 is 19.7 Å². The van der Waals surface area contributed by atoms with Crippen molar-refractivity contribution in [1.82, 2.24) is 4.72 Å². The fourth-order valence-corrected chi connectivity index (χ4v) is 5.02. The van der Waals surface area contributed by atoms with Gasteiger partial charge < -0.3 is 8.98 Å². The van der Waals surface area contributed by atoms with E-state index in [2.05, 4.69) is 66.3 Å². The lowest BCUT2D eigenvalue weighted by atomic mass is 9.91. The van der Waals surface area contributed by atoms with Crippen LogP contribution in [0.1, 0.15) is 75.7 Å². The van der Waals surface area contributed by atoms with Crippen molar-refractivity contribution in [1.29, 1.82) is 0 Å². The first kappa shape index (κ1) is 22.4. The van der Waals surface area contributed by atoms with E-state index in [0.717, 1.165) is 6.42 Å². The van der Waals surface area contributed by atoms with Crippen LogP contribution < -0.4 is 4.72 Å². The standard InChI is InChI=1S/C17H39NO2SSi/c1-14(2,3)21(19)18-16(7,8)13-17(9,10)20-22(11,12)15(4,5)6/h18H,13H2,1-12H3. The van der Waals surface area contributed by atoms with Gasteiger partial charge in [0.15, 0.2) is 8.32 Å². The summed E-state index contributed by atoms with van der Waals surface area (Å²) in [4.78, 5) is 0. The smallest absolute Gasteiger partial charge is 0.192 e. The van der Waals surface area contributed by atoms with Crippen LogP contribution in [0.3, 0.4) is 0 Å². The fourth-order valence-electron chi connectivity index (χ4n) is 2.38. The summed E-state index contributed by atoms with van der Waals surface area (Å²) >= 11 is -1.08. The molecule has 134 valence electrons. The van der Waals surface area contributed by atoms with Crippen molar-refractivity contribution in [3.63, 3.8) is 0 Å². The van der Waals surface area contributed by atoms with Crippen LogP contribution in [0.5, 0.6) is 0 Å². The lowest BCUT2D eigenvalue weighted by molar-refractivity contribution is 0.0598. The predicted molar refractivity (Wildman–Crippen MR) is 102 cm³/mol. The second kappa shape index (κ2) is 6.75. The first-order valence-corrected chi connectivity index (χ1v) is 12.2. The zero-order valence-corrected chi connectivity index (χ0v) is 18.7. The molecule has 0 heterocycles. The molecule has 0 aromatic rings. The lowest BCUT2D eigenvalue weighted by Gasteiger charge is -2.45. The topological polar surface area (TPSA) is 44.3 Å². The quantitative estimate of drug-likeness (QED) is 0.541. The van der Waals surface area contributed by atoms with Crippen molar-refractivity contribution in [2.75, 3.05) is 0 Å². The minimum absolute atomic E-state index is 0.191. The van der Waals surface area contributed by atoms with Gasteiger partial charge in [-0.3, -0.25) is 0 Å². The molecular weight excluding hydrogens is 310 g/mol. The molecule has 0 aliphatic rings. The number of hydrogen-bond acceptors (Lipinski definition) is 3. The average molecular weight is 350 g/mol. The fraction of sp³-hybridized carbons (Fsp3) is 1.00. The number of hydrogen-bond donors (Lipinski definition) is 1. The van der Waals surface area contributed by atoms with E-state index >= 15 is 0 Å². The highest BCUT2D eigenvalue weighted by molar-refractivity contribution is 7.90. The molecule has 0 saturated carbocycles. The summed E-state index contributed by atoms with van der Waals surface area (Å²) in [5.41, 5.74) is -0.494. The summed E-state index contributed by atoms with van der Waals surface area (Å²) in [6.07, 6.45) is 0.814. The molecule has 5 heteroatoms. The van der Waals surface area contributed by atoms with Crippen LogP contribution in [0.15, 0.2) is 0 Å². The average Bonchev–Trinajstić information content (AvgIpc) is 2.07. The Bertz CT molecular complexity index is 368. The molecule has 1 atom stereocenters. The van der Waals surface area contributed by atoms with Crippen LogP contribution in [0, 0.1) is 0 Å². The van der Waals surface area contributed by atoms with Crippen molar-refractivity contribution in [2.45, 2.75) is 110 Å². The van der Waals surface area contributed by atoms with Gasteiger partial charge in [-0.05, 0) is 73.0 Å². The molecule has 0 radical (unpaired) electrons. The van der Waals surface area contributed by atoms with Crippen molar-refractivity contribution in [3.05, 3.63) is 0 Å². The summed E-state index contributed by atoms with van der Waals surface area (Å²) < 4.78 is 22.0. The highest BCUT2D eigenvalue weighted by atomic mass is 32.2. The molecule has 22 heavy (non-hydrogen) atoms. The van der Waals surface area contributed by atoms with E-state index in [-0.39, 0.29) is 20.9 Å². The monoisotopic (exact) mass is 349 g/mol. The van der Waals surface area contributed by atoms with Crippen LogP contribution in [-0.2, 0) is 15.8 Å². The Morgan fingerprint density at radius 3 is 1.64 bits per heavy atom. The normalized spacial score (nSPS) is 16.8. The molecule has 0 fully saturated rings. The predicted octanol–water partition coefficient (Wildman–Crippen LogP) is 5.01. The molecular formula is C17H39NO2SSi. The Balaban J connectivity index is 4.97. The highest BCUT2D eigenvalue weighted by Gasteiger charge is 2.44. The minimum atomic E-state index is -1.82. The van der Waals surface area contributed by atoms with Gasteiger partial charge >= 0.3 is 0 Å². The Labute approximate surface area is 143 Å². The molecule has 1 unspecified atom stereocenters. The SMILES string of the molecule is CC(C)(CC(C)(C)O[Si](C)(C)C(C)(C)C)N[S+]([O-])C(C)(C)C. The molecule has 0 aliphatic heterocycles. The Morgan fingerprint density at radius 2 is 1.32 bits per heavy atom. The van der Waals surface area contributed by atoms with E-state index in [0.29, 0.717) is 0 Å². The van der Waals surface area contributed by atoms with Crippen molar-refractivity contribution in [2.24, 2.45) is 0 Å². The van der Waals surface area contributed by atoms with Crippen LogP contribution in [0.2, 0.25) is 18.1 Å². The molecule has 1 N–H and O–H groups in total. The first-order chi connectivity index (χ1) is 9.29. The van der Waals surface area contributed by atoms with Gasteiger partial charge in [-0.15, -0.1) is 4.72 Å². The van der Waals surface area contributed by atoms with Crippen LogP contribution in [-0.4, -0.2) is 28.8 Å². The number of nitrogens with one attached hydrogen (secondary N) is 1. The Kier molecular flexibility index (Phi) is 6.89. The molecule has 0 saturated heterocycles. The molecule has 3 nitrogen and oxygen atoms in total. The van der Waals surface area contributed by atoms with Crippen LogP contribution in [0.25, 0.3) is 0 Å². The maximum absolute atomic E-state index is 12.4. The molecule has 0 rings (SSSR count). The summed E-state index contributed by atoms with van der Waals surface area (Å²) in [6.45, 7) is 25.8. The van der Waals surface area contributed by atoms with Gasteiger partial charge in [0.05, 0.1) is 11.1 Å². The molecule has 0 bridgehead atoms. The van der Waals surface area contributed by atoms with E-state index in [4.69, 9.17) is 4.43 Å². The third-order valence-corrected chi connectivity index (χ3v) is 10.7. The summed E-state index contributed by atoms with van der Waals surface area (Å²) in [7, 11) is -1.82. The van der Waals surface area contributed by atoms with Gasteiger partial charge in [0.2, 0.25) is 0 Å². The van der Waals surface area contributed by atoms with Crippen molar-refractivity contribution >= 4 is 19.7 Å². The van der Waals surface area contributed by atoms with Gasteiger partial charge in [0.25, 0.3) is 0 Å². The van der Waals surface area contributed by atoms with E-state index in [1.165, 1.54) is 0 Å². The zero-order chi connectivity index (χ0) is 18.2. The van der Waals surface area contributed by atoms with Crippen molar-refractivity contribution < 1.29 is 8.98 Å². The second-order valence-corrected chi connectivity index (χ2v) is 16.9. The van der Waals surface area contributed by atoms with Gasteiger partial charge in [0.1, 0.15) is 4.75 Å². The lowest BCUT2D eigenvalue weighted by Crippen LogP contribution is -2.55. The van der Waals surface area contributed by atoms with Gasteiger partial charge in [-0.1, -0.05) is 20.8 Å². The Hall–Kier alpha value is 0.447. The maximum Gasteiger partial charge on any atom is 0.192 e.